The van der Waals surface area contributed by atoms with Crippen LogP contribution in [0.5, 0.6) is 0 Å². The Bertz CT molecular complexity index is 78.6. The van der Waals surface area contributed by atoms with Crippen molar-refractivity contribution in [3.63, 3.8) is 0 Å². The predicted octanol–water partition coefficient (Wildman–Crippen LogP) is 0.783. The van der Waals surface area contributed by atoms with Crippen molar-refractivity contribution >= 4 is 5.84 Å². The van der Waals surface area contributed by atoms with Gasteiger partial charge in [0.25, 0.3) is 0 Å². The molecule has 0 aromatic rings. The van der Waals surface area contributed by atoms with Gasteiger partial charge in [-0.3, -0.25) is 5.41 Å². The van der Waals surface area contributed by atoms with E-state index in [2.05, 4.69) is 6.92 Å². The third kappa shape index (κ3) is 2.20. The Morgan fingerprint density at radius 3 is 1.86 bits per heavy atom. The lowest BCUT2D eigenvalue weighted by Crippen LogP contribution is -2.27. The zero-order chi connectivity index (χ0) is 6.08. The van der Waals surface area contributed by atoms with E-state index in [0.717, 1.165) is 0 Å². The molecule has 0 amide bonds. The molecule has 0 aliphatic rings. The van der Waals surface area contributed by atoms with Crippen molar-refractivity contribution < 1.29 is 0 Å². The molecule has 0 spiro atoms. The fraction of sp³-hybridized carbons (Fsp3) is 0.600. The Kier molecular flexibility index (Phi) is 1.41. The molecular formula is C5H11N2. The number of nitrogens with two attached hydrogens (primary N) is 1. The number of amidine groups is 1. The topological polar surface area (TPSA) is 49.9 Å². The lowest BCUT2D eigenvalue weighted by atomic mass is 9.96. The van der Waals surface area contributed by atoms with Gasteiger partial charge in [-0.2, -0.15) is 0 Å². The molecule has 0 aromatic carbocycles. The van der Waals surface area contributed by atoms with Crippen LogP contribution in [-0.4, -0.2) is 5.84 Å². The van der Waals surface area contributed by atoms with Crippen molar-refractivity contribution in [1.82, 2.24) is 0 Å². The highest BCUT2D eigenvalue weighted by atomic mass is 14.7. The maximum Gasteiger partial charge on any atom is 0.0963 e. The first-order valence-electron chi connectivity index (χ1n) is 2.14. The molecule has 0 unspecified atom stereocenters. The van der Waals surface area contributed by atoms with E-state index in [0.29, 0.717) is 0 Å². The van der Waals surface area contributed by atoms with Gasteiger partial charge in [0.05, 0.1) is 5.84 Å². The molecule has 7 heavy (non-hydrogen) atoms. The van der Waals surface area contributed by atoms with Gasteiger partial charge in [0.2, 0.25) is 0 Å². The molecule has 0 bridgehead atoms. The van der Waals surface area contributed by atoms with E-state index in [-0.39, 0.29) is 11.3 Å². The smallest absolute Gasteiger partial charge is 0.0963 e. The van der Waals surface area contributed by atoms with Gasteiger partial charge in [0.15, 0.2) is 0 Å². The first-order chi connectivity index (χ1) is 2.94. The summed E-state index contributed by atoms with van der Waals surface area (Å²) in [4.78, 5) is 0. The average Bonchev–Trinajstić information content (AvgIpc) is 1.31. The van der Waals surface area contributed by atoms with Crippen molar-refractivity contribution in [3.8, 4) is 0 Å². The van der Waals surface area contributed by atoms with E-state index in [1.807, 2.05) is 0 Å². The normalized spacial score (nSPS) is 11.3. The molecule has 41 valence electrons. The van der Waals surface area contributed by atoms with Gasteiger partial charge in [-0.25, -0.2) is 0 Å². The molecule has 0 rings (SSSR count). The second-order valence-corrected chi connectivity index (χ2v) is 2.30. The summed E-state index contributed by atoms with van der Waals surface area (Å²) >= 11 is 0. The Labute approximate surface area is 44.2 Å². The van der Waals surface area contributed by atoms with Crippen LogP contribution in [-0.2, 0) is 0 Å². The van der Waals surface area contributed by atoms with Gasteiger partial charge < -0.3 is 5.73 Å². The SMILES string of the molecule is [CH2]C(C)(C)C(=N)N. The number of nitrogens with one attached hydrogen (secondary N) is 1. The molecule has 0 aromatic heterocycles. The van der Waals surface area contributed by atoms with Crippen LogP contribution in [0.2, 0.25) is 0 Å². The van der Waals surface area contributed by atoms with Gasteiger partial charge in [-0.15, -0.1) is 0 Å². The van der Waals surface area contributed by atoms with Gasteiger partial charge >= 0.3 is 0 Å². The number of hydrogen-bond donors (Lipinski definition) is 2. The summed E-state index contributed by atoms with van der Waals surface area (Å²) in [5, 5.41) is 6.86. The molecule has 0 heterocycles. The van der Waals surface area contributed by atoms with E-state index in [1.54, 1.807) is 13.8 Å². The van der Waals surface area contributed by atoms with Crippen LogP contribution in [0.15, 0.2) is 0 Å². The Hall–Kier alpha value is -0.530. The second kappa shape index (κ2) is 1.52. The number of rotatable bonds is 1. The molecule has 0 saturated heterocycles. The summed E-state index contributed by atoms with van der Waals surface area (Å²) < 4.78 is 0. The second-order valence-electron chi connectivity index (χ2n) is 2.30. The maximum absolute atomic E-state index is 6.86. The van der Waals surface area contributed by atoms with E-state index in [1.165, 1.54) is 0 Å². The fourth-order valence-electron chi connectivity index (χ4n) is 0. The van der Waals surface area contributed by atoms with Crippen LogP contribution in [0.1, 0.15) is 13.8 Å². The van der Waals surface area contributed by atoms with Gasteiger partial charge in [-0.05, 0) is 6.92 Å². The minimum Gasteiger partial charge on any atom is -0.387 e. The zero-order valence-corrected chi connectivity index (χ0v) is 4.78. The highest BCUT2D eigenvalue weighted by molar-refractivity contribution is 5.83. The molecule has 0 saturated carbocycles. The summed E-state index contributed by atoms with van der Waals surface area (Å²) in [5.74, 6) is 0.132. The van der Waals surface area contributed by atoms with Crippen molar-refractivity contribution in [1.29, 1.82) is 5.41 Å². The molecule has 2 nitrogen and oxygen atoms in total. The Morgan fingerprint density at radius 2 is 1.86 bits per heavy atom. The van der Waals surface area contributed by atoms with Crippen molar-refractivity contribution in [2.24, 2.45) is 11.1 Å². The minimum absolute atomic E-state index is 0.132. The van der Waals surface area contributed by atoms with Crippen LogP contribution in [0, 0.1) is 17.7 Å². The Morgan fingerprint density at radius 1 is 1.71 bits per heavy atom. The standard InChI is InChI=1S/C5H11N2/c1-5(2,3)4(6)7/h1H2,2-3H3,(H3,6,7). The van der Waals surface area contributed by atoms with E-state index in [9.17, 15) is 0 Å². The molecule has 0 aliphatic carbocycles. The minimum atomic E-state index is -0.389. The largest absolute Gasteiger partial charge is 0.387 e. The first-order valence-corrected chi connectivity index (χ1v) is 2.14. The number of hydrogen-bond acceptors (Lipinski definition) is 1. The monoisotopic (exact) mass is 99.1 g/mol. The fourth-order valence-corrected chi connectivity index (χ4v) is 0. The summed E-state index contributed by atoms with van der Waals surface area (Å²) in [5.41, 5.74) is 4.70. The molecule has 0 fully saturated rings. The predicted molar refractivity (Wildman–Crippen MR) is 31.1 cm³/mol. The Balaban J connectivity index is 3.79. The van der Waals surface area contributed by atoms with Crippen LogP contribution in [0.4, 0.5) is 0 Å². The van der Waals surface area contributed by atoms with E-state index in [4.69, 9.17) is 11.1 Å². The molecular weight excluding hydrogens is 88.1 g/mol. The maximum atomic E-state index is 6.86. The molecule has 2 heteroatoms. The van der Waals surface area contributed by atoms with Gasteiger partial charge in [0, 0.05) is 5.41 Å². The van der Waals surface area contributed by atoms with Gasteiger partial charge in [-0.1, -0.05) is 13.8 Å². The highest BCUT2D eigenvalue weighted by Crippen LogP contribution is 2.09. The third-order valence-electron chi connectivity index (χ3n) is 0.729. The summed E-state index contributed by atoms with van der Waals surface area (Å²) in [6.07, 6.45) is 0. The van der Waals surface area contributed by atoms with Crippen LogP contribution >= 0.6 is 0 Å². The van der Waals surface area contributed by atoms with Crippen molar-refractivity contribution in [3.05, 3.63) is 6.92 Å². The van der Waals surface area contributed by atoms with Crippen LogP contribution < -0.4 is 5.73 Å². The molecule has 0 atom stereocenters. The molecule has 1 radical (unpaired) electrons. The van der Waals surface area contributed by atoms with Crippen molar-refractivity contribution in [2.75, 3.05) is 0 Å². The van der Waals surface area contributed by atoms with E-state index < -0.39 is 0 Å². The molecule has 3 N–H and O–H groups in total. The van der Waals surface area contributed by atoms with Crippen LogP contribution in [0.3, 0.4) is 0 Å². The van der Waals surface area contributed by atoms with Crippen LogP contribution in [0.25, 0.3) is 0 Å². The van der Waals surface area contributed by atoms with Crippen molar-refractivity contribution in [2.45, 2.75) is 13.8 Å². The summed E-state index contributed by atoms with van der Waals surface area (Å²) in [6.45, 7) is 7.22. The first kappa shape index (κ1) is 6.47. The zero-order valence-electron chi connectivity index (χ0n) is 4.78. The lowest BCUT2D eigenvalue weighted by molar-refractivity contribution is 0.658. The van der Waals surface area contributed by atoms with Gasteiger partial charge in [0.1, 0.15) is 0 Å². The third-order valence-corrected chi connectivity index (χ3v) is 0.729. The average molecular weight is 99.2 g/mol. The quantitative estimate of drug-likeness (QED) is 0.370. The van der Waals surface area contributed by atoms with E-state index >= 15 is 0 Å². The lowest BCUT2D eigenvalue weighted by Gasteiger charge is -2.13. The highest BCUT2D eigenvalue weighted by Gasteiger charge is 2.12. The summed E-state index contributed by atoms with van der Waals surface area (Å²) in [6, 6.07) is 0. The molecule has 0 aliphatic heterocycles. The summed E-state index contributed by atoms with van der Waals surface area (Å²) in [7, 11) is 0.